The average molecular weight is 275 g/mol. The van der Waals surface area contributed by atoms with Crippen LogP contribution in [0.4, 0.5) is 14.5 Å². The Bertz CT molecular complexity index is 412. The van der Waals surface area contributed by atoms with Crippen LogP contribution in [0.2, 0.25) is 5.02 Å². The van der Waals surface area contributed by atoms with Crippen molar-refractivity contribution in [3.05, 3.63) is 28.8 Å². The Labute approximate surface area is 111 Å². The molecule has 0 aliphatic carbocycles. The minimum atomic E-state index is -2.85. The van der Waals surface area contributed by atoms with E-state index < -0.39 is 5.92 Å². The Balaban J connectivity index is 2.09. The highest BCUT2D eigenvalue weighted by atomic mass is 35.5. The van der Waals surface area contributed by atoms with E-state index in [1.165, 1.54) is 12.1 Å². The second-order valence-corrected chi connectivity index (χ2v) is 5.16. The number of hydrogen-bond donors (Lipinski definition) is 2. The van der Waals surface area contributed by atoms with Crippen LogP contribution < -0.4 is 10.6 Å². The van der Waals surface area contributed by atoms with Gasteiger partial charge in [-0.05, 0) is 38.1 Å². The smallest absolute Gasteiger partial charge is 0.270 e. The summed E-state index contributed by atoms with van der Waals surface area (Å²) in [6.07, 6.45) is 2.03. The summed E-state index contributed by atoms with van der Waals surface area (Å²) in [7, 11) is 0. The Kier molecular flexibility index (Phi) is 4.07. The van der Waals surface area contributed by atoms with E-state index in [1.54, 1.807) is 6.07 Å². The van der Waals surface area contributed by atoms with Crippen molar-refractivity contribution in [3.63, 3.8) is 0 Å². The molecule has 0 saturated carbocycles. The molecule has 0 aromatic heterocycles. The summed E-state index contributed by atoms with van der Waals surface area (Å²) < 4.78 is 26.3. The third kappa shape index (κ3) is 3.33. The first-order valence-corrected chi connectivity index (χ1v) is 6.50. The van der Waals surface area contributed by atoms with E-state index in [4.69, 9.17) is 11.6 Å². The molecule has 0 atom stereocenters. The molecule has 0 radical (unpaired) electrons. The summed E-state index contributed by atoms with van der Waals surface area (Å²) in [5.41, 5.74) is 0.680. The lowest BCUT2D eigenvalue weighted by molar-refractivity contribution is 0.0175. The summed E-state index contributed by atoms with van der Waals surface area (Å²) in [5, 5.41) is 6.94. The molecule has 1 aromatic carbocycles. The minimum Gasteiger partial charge on any atom is -0.381 e. The maximum absolute atomic E-state index is 13.1. The second-order valence-electron chi connectivity index (χ2n) is 4.75. The minimum absolute atomic E-state index is 0.0524. The molecule has 1 heterocycles. The molecule has 100 valence electrons. The van der Waals surface area contributed by atoms with Crippen LogP contribution in [0.5, 0.6) is 0 Å². The second kappa shape index (κ2) is 5.41. The summed E-state index contributed by atoms with van der Waals surface area (Å²) in [4.78, 5) is 0. The lowest BCUT2D eigenvalue weighted by Crippen LogP contribution is -2.35. The van der Waals surface area contributed by atoms with E-state index in [2.05, 4.69) is 10.6 Å². The van der Waals surface area contributed by atoms with Gasteiger partial charge in [0.15, 0.2) is 0 Å². The van der Waals surface area contributed by atoms with Crippen molar-refractivity contribution in [2.24, 2.45) is 0 Å². The quantitative estimate of drug-likeness (QED) is 0.880. The Morgan fingerprint density at radius 3 is 2.56 bits per heavy atom. The van der Waals surface area contributed by atoms with E-state index in [9.17, 15) is 8.78 Å². The fourth-order valence-corrected chi connectivity index (χ4v) is 2.33. The van der Waals surface area contributed by atoms with Gasteiger partial charge < -0.3 is 10.6 Å². The van der Waals surface area contributed by atoms with Crippen LogP contribution in [-0.2, 0) is 5.92 Å². The van der Waals surface area contributed by atoms with E-state index >= 15 is 0 Å². The number of halogens is 3. The molecule has 5 heteroatoms. The molecule has 0 unspecified atom stereocenters. The normalized spacial score (nSPS) is 17.8. The molecule has 1 aliphatic rings. The van der Waals surface area contributed by atoms with Crippen molar-refractivity contribution in [1.29, 1.82) is 0 Å². The van der Waals surface area contributed by atoms with E-state index in [0.717, 1.165) is 38.5 Å². The lowest BCUT2D eigenvalue weighted by Gasteiger charge is -2.25. The maximum Gasteiger partial charge on any atom is 0.270 e. The first-order valence-electron chi connectivity index (χ1n) is 6.12. The van der Waals surface area contributed by atoms with Gasteiger partial charge in [0.05, 0.1) is 10.7 Å². The molecule has 0 amide bonds. The third-order valence-corrected chi connectivity index (χ3v) is 3.49. The van der Waals surface area contributed by atoms with Gasteiger partial charge in [-0.1, -0.05) is 17.7 Å². The largest absolute Gasteiger partial charge is 0.381 e. The average Bonchev–Trinajstić information content (AvgIpc) is 2.32. The van der Waals surface area contributed by atoms with Crippen LogP contribution in [0.25, 0.3) is 0 Å². The highest BCUT2D eigenvalue weighted by Crippen LogP contribution is 2.32. The number of piperidine rings is 1. The summed E-state index contributed by atoms with van der Waals surface area (Å²) in [5.74, 6) is -2.85. The molecule has 1 aromatic rings. The van der Waals surface area contributed by atoms with Gasteiger partial charge in [-0.25, -0.2) is 8.78 Å². The first kappa shape index (κ1) is 13.6. The number of benzene rings is 1. The highest BCUT2D eigenvalue weighted by Gasteiger charge is 2.25. The summed E-state index contributed by atoms with van der Waals surface area (Å²) in [6, 6.07) is 4.76. The van der Waals surface area contributed by atoms with E-state index in [1.807, 2.05) is 0 Å². The standard InChI is InChI=1S/C13H17ClF2N2/c1-13(15,16)9-2-3-12(11(14)8-9)18-10-4-6-17-7-5-10/h2-3,8,10,17-18H,4-7H2,1H3. The van der Waals surface area contributed by atoms with Gasteiger partial charge in [-0.15, -0.1) is 0 Å². The third-order valence-electron chi connectivity index (χ3n) is 3.17. The number of alkyl halides is 2. The molecule has 2 rings (SSSR count). The van der Waals surface area contributed by atoms with Crippen LogP contribution in [0.15, 0.2) is 18.2 Å². The fraction of sp³-hybridized carbons (Fsp3) is 0.538. The topological polar surface area (TPSA) is 24.1 Å². The van der Waals surface area contributed by atoms with Crippen LogP contribution in [0.1, 0.15) is 25.3 Å². The SMILES string of the molecule is CC(F)(F)c1ccc(NC2CCNCC2)c(Cl)c1. The van der Waals surface area contributed by atoms with Crippen LogP contribution in [0, 0.1) is 0 Å². The monoisotopic (exact) mass is 274 g/mol. The summed E-state index contributed by atoms with van der Waals surface area (Å²) in [6.45, 7) is 2.82. The van der Waals surface area contributed by atoms with Crippen molar-refractivity contribution in [2.75, 3.05) is 18.4 Å². The molecule has 0 bridgehead atoms. The van der Waals surface area contributed by atoms with Gasteiger partial charge in [0, 0.05) is 18.5 Å². The van der Waals surface area contributed by atoms with E-state index in [-0.39, 0.29) is 5.56 Å². The van der Waals surface area contributed by atoms with Crippen molar-refractivity contribution >= 4 is 17.3 Å². The van der Waals surface area contributed by atoms with Crippen LogP contribution in [-0.4, -0.2) is 19.1 Å². The maximum atomic E-state index is 13.1. The first-order chi connectivity index (χ1) is 8.47. The van der Waals surface area contributed by atoms with Gasteiger partial charge >= 0.3 is 0 Å². The Morgan fingerprint density at radius 1 is 1.33 bits per heavy atom. The molecule has 2 nitrogen and oxygen atoms in total. The van der Waals surface area contributed by atoms with Gasteiger partial charge in [0.2, 0.25) is 0 Å². The molecule has 18 heavy (non-hydrogen) atoms. The van der Waals surface area contributed by atoms with Gasteiger partial charge in [-0.2, -0.15) is 0 Å². The molecule has 0 spiro atoms. The number of nitrogens with one attached hydrogen (secondary N) is 2. The number of anilines is 1. The lowest BCUT2D eigenvalue weighted by atomic mass is 10.1. The van der Waals surface area contributed by atoms with Gasteiger partial charge in [0.1, 0.15) is 0 Å². The van der Waals surface area contributed by atoms with Crippen LogP contribution in [0.3, 0.4) is 0 Å². The number of hydrogen-bond acceptors (Lipinski definition) is 2. The van der Waals surface area contributed by atoms with Crippen molar-refractivity contribution in [3.8, 4) is 0 Å². The molecule has 1 saturated heterocycles. The number of rotatable bonds is 3. The molecular formula is C13H17ClF2N2. The van der Waals surface area contributed by atoms with Gasteiger partial charge in [0.25, 0.3) is 5.92 Å². The molecule has 1 fully saturated rings. The van der Waals surface area contributed by atoms with E-state index in [0.29, 0.717) is 11.1 Å². The predicted molar refractivity (Wildman–Crippen MR) is 70.5 cm³/mol. The van der Waals surface area contributed by atoms with Gasteiger partial charge in [-0.3, -0.25) is 0 Å². The van der Waals surface area contributed by atoms with Crippen molar-refractivity contribution in [1.82, 2.24) is 5.32 Å². The zero-order chi connectivity index (χ0) is 13.2. The summed E-state index contributed by atoms with van der Waals surface area (Å²) >= 11 is 6.04. The highest BCUT2D eigenvalue weighted by molar-refractivity contribution is 6.33. The van der Waals surface area contributed by atoms with Crippen molar-refractivity contribution in [2.45, 2.75) is 31.7 Å². The predicted octanol–water partition coefficient (Wildman–Crippen LogP) is 3.62. The molecule has 2 N–H and O–H groups in total. The fourth-order valence-electron chi connectivity index (χ4n) is 2.09. The Hall–Kier alpha value is -0.870. The van der Waals surface area contributed by atoms with Crippen molar-refractivity contribution < 1.29 is 8.78 Å². The molecular weight excluding hydrogens is 258 g/mol. The molecule has 1 aliphatic heterocycles. The zero-order valence-electron chi connectivity index (χ0n) is 10.3. The Morgan fingerprint density at radius 2 is 2.00 bits per heavy atom. The van der Waals surface area contributed by atoms with Crippen LogP contribution >= 0.6 is 11.6 Å². The zero-order valence-corrected chi connectivity index (χ0v) is 11.0.